The standard InChI is InChI=1S/C24H29N5O3/c1-4-29-21-20(16(3)27-29)9-12-25-22(21)28-13-10-17(11-14-28)23(30)26-19-8-6-7-18(15-19)24(31)32-5-2/h6-9,12,15,17H,4-5,10-11,13-14H2,1-3H3,(H,26,30). The van der Waals surface area contributed by atoms with Crippen molar-refractivity contribution in [3.8, 4) is 0 Å². The molecule has 4 rings (SSSR count). The number of anilines is 2. The molecule has 0 radical (unpaired) electrons. The van der Waals surface area contributed by atoms with Crippen LogP contribution >= 0.6 is 0 Å². The predicted molar refractivity (Wildman–Crippen MR) is 124 cm³/mol. The van der Waals surface area contributed by atoms with Crippen LogP contribution < -0.4 is 10.2 Å². The highest BCUT2D eigenvalue weighted by Gasteiger charge is 2.27. The molecule has 0 unspecified atom stereocenters. The number of rotatable bonds is 6. The van der Waals surface area contributed by atoms with Crippen LogP contribution in [0.1, 0.15) is 42.7 Å². The first kappa shape index (κ1) is 21.8. The number of esters is 1. The summed E-state index contributed by atoms with van der Waals surface area (Å²) in [6, 6.07) is 8.88. The summed E-state index contributed by atoms with van der Waals surface area (Å²) in [5, 5.41) is 8.72. The van der Waals surface area contributed by atoms with Crippen molar-refractivity contribution in [1.82, 2.24) is 14.8 Å². The molecule has 8 nitrogen and oxygen atoms in total. The minimum atomic E-state index is -0.389. The molecular formula is C24H29N5O3. The van der Waals surface area contributed by atoms with E-state index in [4.69, 9.17) is 4.74 Å². The normalized spacial score (nSPS) is 14.5. The Labute approximate surface area is 187 Å². The maximum Gasteiger partial charge on any atom is 0.338 e. The van der Waals surface area contributed by atoms with Gasteiger partial charge in [0.2, 0.25) is 5.91 Å². The zero-order valence-electron chi connectivity index (χ0n) is 18.8. The highest BCUT2D eigenvalue weighted by Crippen LogP contribution is 2.30. The summed E-state index contributed by atoms with van der Waals surface area (Å²) in [7, 11) is 0. The van der Waals surface area contributed by atoms with E-state index in [1.807, 2.05) is 23.9 Å². The molecule has 1 N–H and O–H groups in total. The Bertz CT molecular complexity index is 1130. The molecule has 0 atom stereocenters. The van der Waals surface area contributed by atoms with Crippen LogP contribution in [0.5, 0.6) is 0 Å². The number of aryl methyl sites for hydroxylation is 2. The van der Waals surface area contributed by atoms with E-state index in [1.54, 1.807) is 31.2 Å². The van der Waals surface area contributed by atoms with E-state index in [2.05, 4.69) is 27.2 Å². The molecular weight excluding hydrogens is 406 g/mol. The fourth-order valence-corrected chi connectivity index (χ4v) is 4.27. The highest BCUT2D eigenvalue weighted by atomic mass is 16.5. The molecule has 1 aliphatic rings. The molecule has 1 saturated heterocycles. The van der Waals surface area contributed by atoms with Gasteiger partial charge in [-0.25, -0.2) is 9.78 Å². The lowest BCUT2D eigenvalue weighted by Gasteiger charge is -2.32. The van der Waals surface area contributed by atoms with Crippen molar-refractivity contribution < 1.29 is 14.3 Å². The quantitative estimate of drug-likeness (QED) is 0.593. The molecule has 0 bridgehead atoms. The van der Waals surface area contributed by atoms with Crippen LogP contribution in [0.25, 0.3) is 10.9 Å². The number of carbonyl (C=O) groups is 2. The zero-order chi connectivity index (χ0) is 22.7. The van der Waals surface area contributed by atoms with Crippen LogP contribution in [0.3, 0.4) is 0 Å². The van der Waals surface area contributed by atoms with Gasteiger partial charge in [0.15, 0.2) is 5.82 Å². The smallest absolute Gasteiger partial charge is 0.338 e. The largest absolute Gasteiger partial charge is 0.462 e. The second-order valence-corrected chi connectivity index (χ2v) is 7.98. The van der Waals surface area contributed by atoms with Gasteiger partial charge in [-0.2, -0.15) is 5.10 Å². The molecule has 3 aromatic rings. The summed E-state index contributed by atoms with van der Waals surface area (Å²) in [4.78, 5) is 31.7. The molecule has 8 heteroatoms. The Morgan fingerprint density at radius 1 is 1.19 bits per heavy atom. The van der Waals surface area contributed by atoms with Crippen molar-refractivity contribution in [2.75, 3.05) is 29.9 Å². The number of hydrogen-bond donors (Lipinski definition) is 1. The molecule has 1 amide bonds. The van der Waals surface area contributed by atoms with Crippen LogP contribution in [-0.4, -0.2) is 46.3 Å². The fraction of sp³-hybridized carbons (Fsp3) is 0.417. The summed E-state index contributed by atoms with van der Waals surface area (Å²) in [5.74, 6) is 0.437. The maximum absolute atomic E-state index is 12.9. The summed E-state index contributed by atoms with van der Waals surface area (Å²) in [5.41, 5.74) is 3.11. The van der Waals surface area contributed by atoms with E-state index in [9.17, 15) is 9.59 Å². The summed E-state index contributed by atoms with van der Waals surface area (Å²) >= 11 is 0. The third kappa shape index (κ3) is 4.30. The highest BCUT2D eigenvalue weighted by molar-refractivity contribution is 5.96. The van der Waals surface area contributed by atoms with E-state index in [-0.39, 0.29) is 17.8 Å². The molecule has 1 aliphatic heterocycles. The Morgan fingerprint density at radius 2 is 1.97 bits per heavy atom. The first-order chi connectivity index (χ1) is 15.5. The average molecular weight is 436 g/mol. The van der Waals surface area contributed by atoms with Crippen molar-refractivity contribution in [2.45, 2.75) is 40.2 Å². The molecule has 3 heterocycles. The molecule has 0 aliphatic carbocycles. The SMILES string of the molecule is CCOC(=O)c1cccc(NC(=O)C2CCN(c3nccc4c(C)nn(CC)c34)CC2)c1. The number of aromatic nitrogens is 3. The number of ether oxygens (including phenoxy) is 1. The number of fused-ring (bicyclic) bond motifs is 1. The van der Waals surface area contributed by atoms with Gasteiger partial charge in [0.25, 0.3) is 0 Å². The van der Waals surface area contributed by atoms with E-state index >= 15 is 0 Å². The number of pyridine rings is 1. The van der Waals surface area contributed by atoms with Gasteiger partial charge in [0, 0.05) is 42.8 Å². The molecule has 2 aromatic heterocycles. The average Bonchev–Trinajstić information content (AvgIpc) is 3.15. The van der Waals surface area contributed by atoms with Gasteiger partial charge in [-0.15, -0.1) is 0 Å². The van der Waals surface area contributed by atoms with Crippen molar-refractivity contribution in [3.63, 3.8) is 0 Å². The minimum Gasteiger partial charge on any atom is -0.462 e. The van der Waals surface area contributed by atoms with E-state index in [0.717, 1.165) is 54.9 Å². The number of hydrogen-bond acceptors (Lipinski definition) is 6. The molecule has 1 fully saturated rings. The van der Waals surface area contributed by atoms with Gasteiger partial charge in [-0.1, -0.05) is 6.07 Å². The Hall–Kier alpha value is -3.42. The third-order valence-corrected chi connectivity index (χ3v) is 5.93. The first-order valence-electron chi connectivity index (χ1n) is 11.2. The van der Waals surface area contributed by atoms with Crippen LogP contribution in [0.4, 0.5) is 11.5 Å². The van der Waals surface area contributed by atoms with Gasteiger partial charge in [-0.3, -0.25) is 9.48 Å². The molecule has 32 heavy (non-hydrogen) atoms. The van der Waals surface area contributed by atoms with E-state index in [0.29, 0.717) is 17.9 Å². The van der Waals surface area contributed by atoms with Gasteiger partial charge < -0.3 is 15.0 Å². The van der Waals surface area contributed by atoms with Crippen LogP contribution in [0, 0.1) is 12.8 Å². The number of benzene rings is 1. The Morgan fingerprint density at radius 3 is 2.69 bits per heavy atom. The number of nitrogens with one attached hydrogen (secondary N) is 1. The monoisotopic (exact) mass is 435 g/mol. The number of nitrogens with zero attached hydrogens (tertiary/aromatic N) is 4. The van der Waals surface area contributed by atoms with Crippen LogP contribution in [-0.2, 0) is 16.1 Å². The van der Waals surface area contributed by atoms with Crippen LogP contribution in [0.2, 0.25) is 0 Å². The van der Waals surface area contributed by atoms with E-state index in [1.165, 1.54) is 0 Å². The Kier molecular flexibility index (Phi) is 6.39. The number of amides is 1. The predicted octanol–water partition coefficient (Wildman–Crippen LogP) is 3.79. The third-order valence-electron chi connectivity index (χ3n) is 5.93. The molecule has 168 valence electrons. The maximum atomic E-state index is 12.9. The van der Waals surface area contributed by atoms with Gasteiger partial charge in [0.05, 0.1) is 17.9 Å². The summed E-state index contributed by atoms with van der Waals surface area (Å²) in [6.45, 7) is 8.47. The van der Waals surface area contributed by atoms with Crippen LogP contribution in [0.15, 0.2) is 36.5 Å². The zero-order valence-corrected chi connectivity index (χ0v) is 18.8. The first-order valence-corrected chi connectivity index (χ1v) is 11.2. The Balaban J connectivity index is 1.42. The number of carbonyl (C=O) groups excluding carboxylic acids is 2. The van der Waals surface area contributed by atoms with E-state index < -0.39 is 0 Å². The molecule has 1 aromatic carbocycles. The van der Waals surface area contributed by atoms with Gasteiger partial charge in [-0.05, 0) is 57.9 Å². The topological polar surface area (TPSA) is 89.3 Å². The van der Waals surface area contributed by atoms with Crippen molar-refractivity contribution in [1.29, 1.82) is 0 Å². The second-order valence-electron chi connectivity index (χ2n) is 7.98. The van der Waals surface area contributed by atoms with Crippen molar-refractivity contribution in [3.05, 3.63) is 47.8 Å². The number of piperidine rings is 1. The summed E-state index contributed by atoms with van der Waals surface area (Å²) in [6.07, 6.45) is 3.31. The minimum absolute atomic E-state index is 0.0220. The second kappa shape index (κ2) is 9.38. The lowest BCUT2D eigenvalue weighted by Crippen LogP contribution is -2.38. The van der Waals surface area contributed by atoms with Gasteiger partial charge in [0.1, 0.15) is 5.52 Å². The summed E-state index contributed by atoms with van der Waals surface area (Å²) < 4.78 is 7.04. The molecule has 0 saturated carbocycles. The van der Waals surface area contributed by atoms with Crippen molar-refractivity contribution in [2.24, 2.45) is 5.92 Å². The van der Waals surface area contributed by atoms with Gasteiger partial charge >= 0.3 is 5.97 Å². The lowest BCUT2D eigenvalue weighted by atomic mass is 9.95. The lowest BCUT2D eigenvalue weighted by molar-refractivity contribution is -0.120. The fourth-order valence-electron chi connectivity index (χ4n) is 4.27. The molecule has 0 spiro atoms. The van der Waals surface area contributed by atoms with Crippen molar-refractivity contribution >= 4 is 34.3 Å².